The quantitative estimate of drug-likeness (QED) is 0.536. The number of piperazine rings is 1. The molecule has 0 amide bonds. The summed E-state index contributed by atoms with van der Waals surface area (Å²) in [6.07, 6.45) is 0. The van der Waals surface area contributed by atoms with E-state index in [1.54, 1.807) is 0 Å². The van der Waals surface area contributed by atoms with Crippen LogP contribution < -0.4 is 11.1 Å². The molecule has 0 atom stereocenters. The maximum atomic E-state index is 5.51. The predicted octanol–water partition coefficient (Wildman–Crippen LogP) is -1.30. The highest BCUT2D eigenvalue weighted by Crippen LogP contribution is 1.97. The SMILES string of the molecule is CNCN1CCN(CN)CC1. The molecule has 0 aromatic rings. The summed E-state index contributed by atoms with van der Waals surface area (Å²) in [5.74, 6) is 0. The molecule has 1 aliphatic heterocycles. The van der Waals surface area contributed by atoms with Gasteiger partial charge in [0.1, 0.15) is 0 Å². The second kappa shape index (κ2) is 4.66. The first-order valence-corrected chi connectivity index (χ1v) is 4.16. The van der Waals surface area contributed by atoms with E-state index in [2.05, 4.69) is 15.1 Å². The smallest absolute Gasteiger partial charge is 0.0479 e. The summed E-state index contributed by atoms with van der Waals surface area (Å²) in [4.78, 5) is 4.66. The minimum atomic E-state index is 0.702. The van der Waals surface area contributed by atoms with Crippen molar-refractivity contribution in [2.75, 3.05) is 46.6 Å². The van der Waals surface area contributed by atoms with E-state index in [1.807, 2.05) is 7.05 Å². The molecule has 1 fully saturated rings. The monoisotopic (exact) mass is 158 g/mol. The van der Waals surface area contributed by atoms with Crippen molar-refractivity contribution < 1.29 is 0 Å². The van der Waals surface area contributed by atoms with Crippen LogP contribution in [0.15, 0.2) is 0 Å². The van der Waals surface area contributed by atoms with Gasteiger partial charge < -0.3 is 11.1 Å². The minimum Gasteiger partial charge on any atom is -0.318 e. The molecule has 0 bridgehead atoms. The van der Waals surface area contributed by atoms with Crippen LogP contribution in [0.25, 0.3) is 0 Å². The summed E-state index contributed by atoms with van der Waals surface area (Å²) in [5, 5.41) is 3.15. The molecule has 0 aromatic carbocycles. The average molecular weight is 158 g/mol. The highest BCUT2D eigenvalue weighted by molar-refractivity contribution is 4.69. The zero-order chi connectivity index (χ0) is 8.10. The predicted molar refractivity (Wildman–Crippen MR) is 46.1 cm³/mol. The Kier molecular flexibility index (Phi) is 3.79. The molecule has 0 aromatic heterocycles. The van der Waals surface area contributed by atoms with Crippen LogP contribution in [0, 0.1) is 0 Å². The molecule has 0 saturated carbocycles. The van der Waals surface area contributed by atoms with Crippen molar-refractivity contribution in [2.45, 2.75) is 0 Å². The average Bonchev–Trinajstić information content (AvgIpc) is 2.07. The molecule has 0 spiro atoms. The fourth-order valence-electron chi connectivity index (χ4n) is 1.35. The third-order valence-electron chi connectivity index (χ3n) is 2.10. The van der Waals surface area contributed by atoms with Gasteiger partial charge in [-0.15, -0.1) is 0 Å². The molecule has 1 aliphatic rings. The molecule has 11 heavy (non-hydrogen) atoms. The van der Waals surface area contributed by atoms with Gasteiger partial charge in [0.05, 0.1) is 0 Å². The van der Waals surface area contributed by atoms with Gasteiger partial charge >= 0.3 is 0 Å². The number of nitrogens with zero attached hydrogens (tertiary/aromatic N) is 2. The van der Waals surface area contributed by atoms with Crippen LogP contribution in [0.4, 0.5) is 0 Å². The van der Waals surface area contributed by atoms with E-state index in [0.29, 0.717) is 6.67 Å². The van der Waals surface area contributed by atoms with E-state index in [4.69, 9.17) is 5.73 Å². The first-order chi connectivity index (χ1) is 5.36. The van der Waals surface area contributed by atoms with E-state index < -0.39 is 0 Å². The van der Waals surface area contributed by atoms with Crippen LogP contribution in [0.1, 0.15) is 0 Å². The summed E-state index contributed by atoms with van der Waals surface area (Å²) in [7, 11) is 1.98. The minimum absolute atomic E-state index is 0.702. The van der Waals surface area contributed by atoms with E-state index in [1.165, 1.54) is 0 Å². The van der Waals surface area contributed by atoms with Crippen molar-refractivity contribution in [1.82, 2.24) is 15.1 Å². The van der Waals surface area contributed by atoms with Gasteiger partial charge in [0.25, 0.3) is 0 Å². The first kappa shape index (κ1) is 8.93. The van der Waals surface area contributed by atoms with Crippen LogP contribution >= 0.6 is 0 Å². The van der Waals surface area contributed by atoms with Gasteiger partial charge in [0, 0.05) is 39.5 Å². The molecule has 4 nitrogen and oxygen atoms in total. The Labute approximate surface area is 68.3 Å². The van der Waals surface area contributed by atoms with Crippen LogP contribution in [-0.2, 0) is 0 Å². The van der Waals surface area contributed by atoms with E-state index >= 15 is 0 Å². The third-order valence-corrected chi connectivity index (χ3v) is 2.10. The third kappa shape index (κ3) is 2.75. The Bertz CT molecular complexity index is 98.6. The van der Waals surface area contributed by atoms with Crippen molar-refractivity contribution in [1.29, 1.82) is 0 Å². The lowest BCUT2D eigenvalue weighted by Gasteiger charge is -2.33. The summed E-state index contributed by atoms with van der Waals surface area (Å²) < 4.78 is 0. The van der Waals surface area contributed by atoms with Gasteiger partial charge in [0.15, 0.2) is 0 Å². The van der Waals surface area contributed by atoms with Gasteiger partial charge in [-0.3, -0.25) is 9.80 Å². The normalized spacial score (nSPS) is 22.4. The van der Waals surface area contributed by atoms with Crippen LogP contribution in [0.3, 0.4) is 0 Å². The molecule has 0 aliphatic carbocycles. The Morgan fingerprint density at radius 3 is 2.18 bits per heavy atom. The topological polar surface area (TPSA) is 44.5 Å². The molecule has 66 valence electrons. The number of nitrogens with one attached hydrogen (secondary N) is 1. The lowest BCUT2D eigenvalue weighted by molar-refractivity contribution is 0.130. The van der Waals surface area contributed by atoms with Crippen LogP contribution in [-0.4, -0.2) is 56.4 Å². The van der Waals surface area contributed by atoms with Crippen LogP contribution in [0.5, 0.6) is 0 Å². The second-order valence-electron chi connectivity index (χ2n) is 2.93. The van der Waals surface area contributed by atoms with Gasteiger partial charge in [-0.25, -0.2) is 0 Å². The highest BCUT2D eigenvalue weighted by atomic mass is 15.3. The number of nitrogens with two attached hydrogens (primary N) is 1. The fraction of sp³-hybridized carbons (Fsp3) is 1.00. The lowest BCUT2D eigenvalue weighted by atomic mass is 10.3. The lowest BCUT2D eigenvalue weighted by Crippen LogP contribution is -2.50. The first-order valence-electron chi connectivity index (χ1n) is 4.16. The van der Waals surface area contributed by atoms with Crippen molar-refractivity contribution in [3.63, 3.8) is 0 Å². The van der Waals surface area contributed by atoms with E-state index in [0.717, 1.165) is 32.8 Å². The summed E-state index contributed by atoms with van der Waals surface area (Å²) >= 11 is 0. The van der Waals surface area contributed by atoms with Crippen molar-refractivity contribution in [2.24, 2.45) is 5.73 Å². The summed E-state index contributed by atoms with van der Waals surface area (Å²) in [6, 6.07) is 0. The summed E-state index contributed by atoms with van der Waals surface area (Å²) in [5.41, 5.74) is 5.51. The number of hydrogen-bond donors (Lipinski definition) is 2. The van der Waals surface area contributed by atoms with E-state index in [-0.39, 0.29) is 0 Å². The van der Waals surface area contributed by atoms with E-state index in [9.17, 15) is 0 Å². The van der Waals surface area contributed by atoms with Gasteiger partial charge in [-0.05, 0) is 7.05 Å². The molecular formula is C7H18N4. The maximum Gasteiger partial charge on any atom is 0.0479 e. The van der Waals surface area contributed by atoms with Crippen molar-refractivity contribution in [3.05, 3.63) is 0 Å². The van der Waals surface area contributed by atoms with Crippen molar-refractivity contribution in [3.8, 4) is 0 Å². The Morgan fingerprint density at radius 2 is 1.73 bits per heavy atom. The molecular weight excluding hydrogens is 140 g/mol. The maximum absolute atomic E-state index is 5.51. The van der Waals surface area contributed by atoms with Gasteiger partial charge in [0.2, 0.25) is 0 Å². The number of rotatable bonds is 3. The molecule has 1 heterocycles. The number of hydrogen-bond acceptors (Lipinski definition) is 4. The molecule has 1 saturated heterocycles. The Morgan fingerprint density at radius 1 is 1.18 bits per heavy atom. The Balaban J connectivity index is 2.14. The van der Waals surface area contributed by atoms with Crippen LogP contribution in [0.2, 0.25) is 0 Å². The largest absolute Gasteiger partial charge is 0.318 e. The molecule has 4 heteroatoms. The zero-order valence-corrected chi connectivity index (χ0v) is 7.21. The fourth-order valence-corrected chi connectivity index (χ4v) is 1.35. The standard InChI is InChI=1S/C7H18N4/c1-9-7-11-4-2-10(6-8)3-5-11/h9H,2-8H2,1H3. The second-order valence-corrected chi connectivity index (χ2v) is 2.93. The molecule has 3 N–H and O–H groups in total. The molecule has 1 rings (SSSR count). The molecule has 0 radical (unpaired) electrons. The Hall–Kier alpha value is -0.160. The molecule has 0 unspecified atom stereocenters. The van der Waals surface area contributed by atoms with Gasteiger partial charge in [-0.2, -0.15) is 0 Å². The highest BCUT2D eigenvalue weighted by Gasteiger charge is 2.13. The van der Waals surface area contributed by atoms with Crippen molar-refractivity contribution >= 4 is 0 Å². The summed E-state index contributed by atoms with van der Waals surface area (Å²) in [6.45, 7) is 6.19. The zero-order valence-electron chi connectivity index (χ0n) is 7.21. The van der Waals surface area contributed by atoms with Gasteiger partial charge in [-0.1, -0.05) is 0 Å².